The van der Waals surface area contributed by atoms with Gasteiger partial charge < -0.3 is 5.73 Å². The lowest BCUT2D eigenvalue weighted by atomic mass is 9.45. The molecular weight excluding hydrogens is 184 g/mol. The number of hydrogen-bond acceptors (Lipinski definition) is 1. The average molecular weight is 203 g/mol. The first-order chi connectivity index (χ1) is 6.44. The fraction of sp³-hybridized carbons (Fsp3) is 1.00. The molecule has 0 aromatic rings. The van der Waals surface area contributed by atoms with Gasteiger partial charge in [-0.2, -0.15) is 0 Å². The van der Waals surface area contributed by atoms with Crippen LogP contribution in [0.2, 0.25) is 0 Å². The summed E-state index contributed by atoms with van der Waals surface area (Å²) in [5.41, 5.74) is 5.84. The van der Waals surface area contributed by atoms with Gasteiger partial charge in [-0.05, 0) is 42.4 Å². The zero-order valence-corrected chi connectivity index (χ0v) is 8.84. The molecule has 0 aliphatic heterocycles. The molecule has 2 bridgehead atoms. The predicted octanol–water partition coefficient (Wildman–Crippen LogP) is 2.65. The van der Waals surface area contributed by atoms with E-state index in [-0.39, 0.29) is 11.3 Å². The highest BCUT2D eigenvalue weighted by Crippen LogP contribution is 2.62. The summed E-state index contributed by atoms with van der Waals surface area (Å²) in [4.78, 5) is 0. The summed E-state index contributed by atoms with van der Waals surface area (Å²) < 4.78 is 25.1. The first kappa shape index (κ1) is 10.3. The van der Waals surface area contributed by atoms with Crippen molar-refractivity contribution in [3.05, 3.63) is 0 Å². The van der Waals surface area contributed by atoms with Crippen LogP contribution in [0.3, 0.4) is 0 Å². The van der Waals surface area contributed by atoms with E-state index in [1.807, 2.05) is 0 Å². The molecule has 0 spiro atoms. The molecule has 2 N–H and O–H groups in total. The van der Waals surface area contributed by atoms with Gasteiger partial charge in [-0.1, -0.05) is 13.8 Å². The van der Waals surface area contributed by atoms with Crippen LogP contribution in [-0.4, -0.2) is 12.5 Å². The van der Waals surface area contributed by atoms with E-state index < -0.39 is 12.5 Å². The molecule has 3 fully saturated rings. The van der Waals surface area contributed by atoms with E-state index in [9.17, 15) is 8.78 Å². The summed E-state index contributed by atoms with van der Waals surface area (Å²) in [7, 11) is 0. The van der Waals surface area contributed by atoms with Crippen LogP contribution in [0.25, 0.3) is 0 Å². The van der Waals surface area contributed by atoms with Crippen LogP contribution >= 0.6 is 0 Å². The van der Waals surface area contributed by atoms with Crippen molar-refractivity contribution in [3.8, 4) is 0 Å². The second-order valence-corrected chi connectivity index (χ2v) is 5.51. The van der Waals surface area contributed by atoms with Crippen LogP contribution < -0.4 is 5.73 Å². The van der Waals surface area contributed by atoms with Gasteiger partial charge in [0, 0.05) is 0 Å². The van der Waals surface area contributed by atoms with Crippen LogP contribution in [0.5, 0.6) is 0 Å². The van der Waals surface area contributed by atoms with Gasteiger partial charge in [0.1, 0.15) is 0 Å². The van der Waals surface area contributed by atoms with Gasteiger partial charge in [0.05, 0.1) is 6.04 Å². The molecule has 0 aromatic heterocycles. The maximum Gasteiger partial charge on any atom is 0.253 e. The normalized spacial score (nSPS) is 42.0. The average Bonchev–Trinajstić information content (AvgIpc) is 2.16. The van der Waals surface area contributed by atoms with Crippen molar-refractivity contribution in [1.29, 1.82) is 0 Å². The van der Waals surface area contributed by atoms with Crippen LogP contribution in [0, 0.1) is 23.2 Å². The van der Waals surface area contributed by atoms with Gasteiger partial charge in [-0.3, -0.25) is 0 Å². The van der Waals surface area contributed by atoms with Crippen molar-refractivity contribution in [1.82, 2.24) is 0 Å². The molecule has 4 atom stereocenters. The Morgan fingerprint density at radius 3 is 2.36 bits per heavy atom. The van der Waals surface area contributed by atoms with Gasteiger partial charge in [0.15, 0.2) is 0 Å². The molecule has 3 heteroatoms. The summed E-state index contributed by atoms with van der Waals surface area (Å²) >= 11 is 0. The molecule has 82 valence electrons. The summed E-state index contributed by atoms with van der Waals surface area (Å²) in [6, 6.07) is -0.902. The van der Waals surface area contributed by atoms with Crippen molar-refractivity contribution in [3.63, 3.8) is 0 Å². The van der Waals surface area contributed by atoms with Crippen molar-refractivity contribution in [2.45, 2.75) is 45.6 Å². The maximum atomic E-state index is 12.5. The first-order valence-electron chi connectivity index (χ1n) is 5.48. The lowest BCUT2D eigenvalue weighted by Gasteiger charge is -2.61. The number of halogens is 2. The van der Waals surface area contributed by atoms with Crippen LogP contribution in [-0.2, 0) is 0 Å². The van der Waals surface area contributed by atoms with Crippen molar-refractivity contribution in [2.24, 2.45) is 28.9 Å². The van der Waals surface area contributed by atoms with Crippen LogP contribution in [0.1, 0.15) is 33.1 Å². The van der Waals surface area contributed by atoms with E-state index in [1.54, 1.807) is 0 Å². The Morgan fingerprint density at radius 2 is 1.93 bits per heavy atom. The van der Waals surface area contributed by atoms with E-state index in [2.05, 4.69) is 13.8 Å². The molecule has 14 heavy (non-hydrogen) atoms. The highest BCUT2D eigenvalue weighted by Gasteiger charge is 2.56. The third-order valence-corrected chi connectivity index (χ3v) is 4.70. The number of hydrogen-bond donors (Lipinski definition) is 1. The number of nitrogens with two attached hydrogens (primary N) is 1. The number of rotatable bonds is 2. The Morgan fingerprint density at radius 1 is 1.29 bits per heavy atom. The van der Waals surface area contributed by atoms with Gasteiger partial charge in [0.25, 0.3) is 6.43 Å². The highest BCUT2D eigenvalue weighted by molar-refractivity contribution is 5.05. The second-order valence-electron chi connectivity index (χ2n) is 5.51. The molecule has 0 saturated heterocycles. The smallest absolute Gasteiger partial charge is 0.253 e. The Balaban J connectivity index is 2.07. The number of alkyl halides is 2. The molecule has 3 aliphatic rings. The second kappa shape index (κ2) is 3.16. The van der Waals surface area contributed by atoms with Crippen molar-refractivity contribution in [2.75, 3.05) is 0 Å². The molecule has 0 heterocycles. The van der Waals surface area contributed by atoms with Gasteiger partial charge in [0.2, 0.25) is 0 Å². The SMILES string of the molecule is CC1(C)C2CCC(C(N)C(F)F)C1C2. The molecule has 3 saturated carbocycles. The highest BCUT2D eigenvalue weighted by atomic mass is 19.3. The first-order valence-corrected chi connectivity index (χ1v) is 5.48. The Labute approximate surface area is 84.0 Å². The lowest BCUT2D eigenvalue weighted by Crippen LogP contribution is -2.57. The van der Waals surface area contributed by atoms with Gasteiger partial charge in [-0.25, -0.2) is 8.78 Å². The standard InChI is InChI=1S/C11H19F2N/c1-11(2)6-3-4-7(8(11)5-6)9(14)10(12)13/h6-10H,3-5,14H2,1-2H3. The zero-order chi connectivity index (χ0) is 10.5. The third-order valence-electron chi connectivity index (χ3n) is 4.70. The molecule has 3 rings (SSSR count). The van der Waals surface area contributed by atoms with E-state index in [4.69, 9.17) is 5.73 Å². The molecule has 4 unspecified atom stereocenters. The topological polar surface area (TPSA) is 26.0 Å². The summed E-state index contributed by atoms with van der Waals surface area (Å²) in [6.07, 6.45) is 0.768. The van der Waals surface area contributed by atoms with E-state index >= 15 is 0 Å². The Kier molecular flexibility index (Phi) is 2.33. The van der Waals surface area contributed by atoms with E-state index in [0.29, 0.717) is 5.92 Å². The molecule has 0 radical (unpaired) electrons. The van der Waals surface area contributed by atoms with Crippen molar-refractivity contribution < 1.29 is 8.78 Å². The summed E-state index contributed by atoms with van der Waals surface area (Å²) in [5.74, 6) is 1.24. The minimum atomic E-state index is -2.35. The van der Waals surface area contributed by atoms with Crippen LogP contribution in [0.15, 0.2) is 0 Å². The molecule has 0 amide bonds. The predicted molar refractivity (Wildman–Crippen MR) is 52.1 cm³/mol. The van der Waals surface area contributed by atoms with Gasteiger partial charge >= 0.3 is 0 Å². The summed E-state index contributed by atoms with van der Waals surface area (Å²) in [5, 5.41) is 0. The van der Waals surface area contributed by atoms with Crippen LogP contribution in [0.4, 0.5) is 8.78 Å². The fourth-order valence-electron chi connectivity index (χ4n) is 3.52. The quantitative estimate of drug-likeness (QED) is 0.733. The summed E-state index contributed by atoms with van der Waals surface area (Å²) in [6.45, 7) is 4.41. The van der Waals surface area contributed by atoms with Gasteiger partial charge in [-0.15, -0.1) is 0 Å². The largest absolute Gasteiger partial charge is 0.323 e. The van der Waals surface area contributed by atoms with E-state index in [0.717, 1.165) is 25.2 Å². The monoisotopic (exact) mass is 203 g/mol. The maximum absolute atomic E-state index is 12.5. The molecule has 1 nitrogen and oxygen atoms in total. The Bertz CT molecular complexity index is 225. The molecular formula is C11H19F2N. The lowest BCUT2D eigenvalue weighted by molar-refractivity contribution is -0.123. The minimum Gasteiger partial charge on any atom is -0.323 e. The van der Waals surface area contributed by atoms with Crippen molar-refractivity contribution >= 4 is 0 Å². The minimum absolute atomic E-state index is 0.0509. The molecule has 0 aromatic carbocycles. The fourth-order valence-corrected chi connectivity index (χ4v) is 3.52. The number of fused-ring (bicyclic) bond motifs is 2. The zero-order valence-electron chi connectivity index (χ0n) is 8.84. The van der Waals surface area contributed by atoms with E-state index in [1.165, 1.54) is 0 Å². The molecule has 3 aliphatic carbocycles. The Hall–Kier alpha value is -0.180. The third kappa shape index (κ3) is 1.28.